The first kappa shape index (κ1) is 17.0. The number of rotatable bonds is 2. The number of thiophene rings is 1. The van der Waals surface area contributed by atoms with Crippen molar-refractivity contribution >= 4 is 33.2 Å². The maximum Gasteiger partial charge on any atom is 0.433 e. The van der Waals surface area contributed by atoms with Gasteiger partial charge in [0.05, 0.1) is 10.2 Å². The van der Waals surface area contributed by atoms with E-state index < -0.39 is 11.9 Å². The number of halogens is 3. The predicted molar refractivity (Wildman–Crippen MR) is 93.6 cm³/mol. The van der Waals surface area contributed by atoms with Gasteiger partial charge in [0.25, 0.3) is 0 Å². The van der Waals surface area contributed by atoms with E-state index in [-0.39, 0.29) is 5.82 Å². The van der Waals surface area contributed by atoms with Crippen molar-refractivity contribution in [1.29, 1.82) is 0 Å². The Hall–Kier alpha value is -2.49. The van der Waals surface area contributed by atoms with E-state index in [1.807, 2.05) is 16.3 Å². The molecule has 0 amide bonds. The van der Waals surface area contributed by atoms with E-state index >= 15 is 0 Å². The lowest BCUT2D eigenvalue weighted by Crippen LogP contribution is -2.47. The lowest BCUT2D eigenvalue weighted by molar-refractivity contribution is -0.141. The van der Waals surface area contributed by atoms with E-state index in [1.54, 1.807) is 17.7 Å². The van der Waals surface area contributed by atoms with Crippen LogP contribution in [0.2, 0.25) is 0 Å². The minimum absolute atomic E-state index is 0.119. The summed E-state index contributed by atoms with van der Waals surface area (Å²) < 4.78 is 40.0. The van der Waals surface area contributed by atoms with Crippen molar-refractivity contribution in [2.45, 2.75) is 13.1 Å². The van der Waals surface area contributed by atoms with Crippen LogP contribution in [0.25, 0.3) is 10.2 Å². The fourth-order valence-electron chi connectivity index (χ4n) is 3.01. The lowest BCUT2D eigenvalue weighted by Gasteiger charge is -2.36. The standard InChI is InChI=1S/C16H15F3N6S/c1-10-22-12(16(17,18)19)8-13(23-10)24-3-5-25(6-4-24)15-14-11(2-7-26-14)20-9-21-15/h2,7-9H,3-6H2,1H3. The summed E-state index contributed by atoms with van der Waals surface area (Å²) >= 11 is 1.59. The minimum atomic E-state index is -4.48. The van der Waals surface area contributed by atoms with Gasteiger partial charge in [-0.25, -0.2) is 19.9 Å². The van der Waals surface area contributed by atoms with E-state index in [9.17, 15) is 13.2 Å². The number of aromatic nitrogens is 4. The first-order valence-corrected chi connectivity index (χ1v) is 8.91. The molecular formula is C16H15F3N6S. The van der Waals surface area contributed by atoms with Crippen LogP contribution < -0.4 is 9.80 Å². The summed E-state index contributed by atoms with van der Waals surface area (Å²) in [6.45, 7) is 3.89. The number of piperazine rings is 1. The Morgan fingerprint density at radius 1 is 1.04 bits per heavy atom. The van der Waals surface area contributed by atoms with E-state index in [1.165, 1.54) is 6.92 Å². The second-order valence-corrected chi connectivity index (χ2v) is 6.88. The summed E-state index contributed by atoms with van der Waals surface area (Å²) in [5.41, 5.74) is 0.00204. The smallest absolute Gasteiger partial charge is 0.353 e. The van der Waals surface area contributed by atoms with Crippen LogP contribution in [0.15, 0.2) is 23.8 Å². The summed E-state index contributed by atoms with van der Waals surface area (Å²) in [6.07, 6.45) is -2.93. The molecule has 0 bridgehead atoms. The molecule has 3 aromatic rings. The van der Waals surface area contributed by atoms with Gasteiger partial charge in [-0.3, -0.25) is 0 Å². The summed E-state index contributed by atoms with van der Waals surface area (Å²) in [5, 5.41) is 1.97. The van der Waals surface area contributed by atoms with Crippen LogP contribution in [-0.4, -0.2) is 46.1 Å². The molecule has 0 aliphatic carbocycles. The topological polar surface area (TPSA) is 58.0 Å². The van der Waals surface area contributed by atoms with E-state index in [2.05, 4.69) is 24.8 Å². The molecule has 0 unspecified atom stereocenters. The second kappa shape index (κ2) is 6.35. The van der Waals surface area contributed by atoms with Crippen molar-refractivity contribution in [1.82, 2.24) is 19.9 Å². The van der Waals surface area contributed by atoms with Crippen LogP contribution in [0, 0.1) is 6.92 Å². The largest absolute Gasteiger partial charge is 0.433 e. The highest BCUT2D eigenvalue weighted by Gasteiger charge is 2.34. The lowest BCUT2D eigenvalue weighted by atomic mass is 10.2. The van der Waals surface area contributed by atoms with Gasteiger partial charge in [-0.1, -0.05) is 0 Å². The van der Waals surface area contributed by atoms with Crippen LogP contribution >= 0.6 is 11.3 Å². The zero-order chi connectivity index (χ0) is 18.3. The average molecular weight is 380 g/mol. The number of anilines is 2. The summed E-state index contributed by atoms with van der Waals surface area (Å²) in [7, 11) is 0. The highest BCUT2D eigenvalue weighted by molar-refractivity contribution is 7.17. The molecule has 1 aliphatic rings. The van der Waals surface area contributed by atoms with Crippen LogP contribution in [0.5, 0.6) is 0 Å². The zero-order valence-electron chi connectivity index (χ0n) is 13.9. The fraction of sp³-hybridized carbons (Fsp3) is 0.375. The Labute approximate surface area is 151 Å². The second-order valence-electron chi connectivity index (χ2n) is 5.96. The van der Waals surface area contributed by atoms with Crippen molar-refractivity contribution in [3.8, 4) is 0 Å². The van der Waals surface area contributed by atoms with E-state index in [4.69, 9.17) is 0 Å². The van der Waals surface area contributed by atoms with Crippen molar-refractivity contribution in [3.05, 3.63) is 35.4 Å². The van der Waals surface area contributed by atoms with Gasteiger partial charge >= 0.3 is 6.18 Å². The molecule has 1 aliphatic heterocycles. The van der Waals surface area contributed by atoms with Crippen molar-refractivity contribution < 1.29 is 13.2 Å². The van der Waals surface area contributed by atoms with Crippen LogP contribution in [0.1, 0.15) is 11.5 Å². The first-order chi connectivity index (χ1) is 12.4. The predicted octanol–water partition coefficient (Wildman–Crippen LogP) is 3.14. The molecule has 4 rings (SSSR count). The number of aryl methyl sites for hydroxylation is 1. The molecule has 0 N–H and O–H groups in total. The molecule has 136 valence electrons. The number of hydrogen-bond acceptors (Lipinski definition) is 7. The number of fused-ring (bicyclic) bond motifs is 1. The van der Waals surface area contributed by atoms with E-state index in [0.717, 1.165) is 22.1 Å². The van der Waals surface area contributed by atoms with E-state index in [0.29, 0.717) is 32.0 Å². The molecule has 4 heterocycles. The SMILES string of the molecule is Cc1nc(N2CCN(c3ncnc4ccsc34)CC2)cc(C(F)(F)F)n1. The van der Waals surface area contributed by atoms with Crippen LogP contribution in [0.3, 0.4) is 0 Å². The van der Waals surface area contributed by atoms with Crippen LogP contribution in [-0.2, 0) is 6.18 Å². The van der Waals surface area contributed by atoms with Gasteiger partial charge in [-0.05, 0) is 18.4 Å². The minimum Gasteiger partial charge on any atom is -0.353 e. The Morgan fingerprint density at radius 2 is 1.77 bits per heavy atom. The molecule has 0 saturated carbocycles. The number of hydrogen-bond donors (Lipinski definition) is 0. The third-order valence-corrected chi connectivity index (χ3v) is 5.14. The first-order valence-electron chi connectivity index (χ1n) is 8.03. The van der Waals surface area contributed by atoms with Gasteiger partial charge in [-0.15, -0.1) is 11.3 Å². The molecule has 0 radical (unpaired) electrons. The molecule has 3 aromatic heterocycles. The van der Waals surface area contributed by atoms with Gasteiger partial charge in [0.15, 0.2) is 0 Å². The fourth-order valence-corrected chi connectivity index (χ4v) is 3.87. The third-order valence-electron chi connectivity index (χ3n) is 4.24. The van der Waals surface area contributed by atoms with Gasteiger partial charge in [0, 0.05) is 32.2 Å². The summed E-state index contributed by atoms with van der Waals surface area (Å²) in [4.78, 5) is 20.3. The molecule has 1 saturated heterocycles. The molecule has 6 nitrogen and oxygen atoms in total. The molecule has 10 heteroatoms. The monoisotopic (exact) mass is 380 g/mol. The quantitative estimate of drug-likeness (QED) is 0.681. The van der Waals surface area contributed by atoms with Gasteiger partial charge in [0.2, 0.25) is 0 Å². The molecule has 0 spiro atoms. The van der Waals surface area contributed by atoms with Crippen molar-refractivity contribution in [2.75, 3.05) is 36.0 Å². The number of alkyl halides is 3. The van der Waals surface area contributed by atoms with Crippen molar-refractivity contribution in [2.24, 2.45) is 0 Å². The molecule has 26 heavy (non-hydrogen) atoms. The third kappa shape index (κ3) is 3.16. The van der Waals surface area contributed by atoms with Crippen molar-refractivity contribution in [3.63, 3.8) is 0 Å². The Balaban J connectivity index is 1.54. The Kier molecular flexibility index (Phi) is 4.14. The van der Waals surface area contributed by atoms with Gasteiger partial charge in [-0.2, -0.15) is 13.2 Å². The Morgan fingerprint density at radius 3 is 2.50 bits per heavy atom. The Bertz CT molecular complexity index is 933. The normalized spacial score (nSPS) is 15.7. The summed E-state index contributed by atoms with van der Waals surface area (Å²) in [5.74, 6) is 1.31. The highest BCUT2D eigenvalue weighted by Crippen LogP contribution is 2.31. The van der Waals surface area contributed by atoms with Crippen LogP contribution in [0.4, 0.5) is 24.8 Å². The zero-order valence-corrected chi connectivity index (χ0v) is 14.7. The molecule has 1 fully saturated rings. The number of nitrogens with zero attached hydrogens (tertiary/aromatic N) is 6. The molecular weight excluding hydrogens is 365 g/mol. The highest BCUT2D eigenvalue weighted by atomic mass is 32.1. The molecule has 0 aromatic carbocycles. The molecule has 0 atom stereocenters. The average Bonchev–Trinajstić information content (AvgIpc) is 3.09. The maximum absolute atomic E-state index is 13.0. The van der Waals surface area contributed by atoms with Gasteiger partial charge < -0.3 is 9.80 Å². The maximum atomic E-state index is 13.0. The van der Waals surface area contributed by atoms with Gasteiger partial charge in [0.1, 0.15) is 29.5 Å². The summed E-state index contributed by atoms with van der Waals surface area (Å²) in [6, 6.07) is 2.97.